The van der Waals surface area contributed by atoms with Gasteiger partial charge in [-0.15, -0.1) is 0 Å². The fourth-order valence-electron chi connectivity index (χ4n) is 3.92. The fourth-order valence-corrected chi connectivity index (χ4v) is 5.94. The number of imide groups is 1. The third kappa shape index (κ3) is 4.13. The van der Waals surface area contributed by atoms with Crippen molar-refractivity contribution < 1.29 is 18.0 Å². The van der Waals surface area contributed by atoms with E-state index in [1.54, 1.807) is 49.4 Å². The molecule has 0 radical (unpaired) electrons. The molecular weight excluding hydrogens is 492 g/mol. The summed E-state index contributed by atoms with van der Waals surface area (Å²) in [6.07, 6.45) is -0.222. The largest absolute Gasteiger partial charge is 0.274 e. The molecule has 1 heterocycles. The van der Waals surface area contributed by atoms with Crippen molar-refractivity contribution in [3.05, 3.63) is 95.0 Å². The molecule has 1 aliphatic rings. The van der Waals surface area contributed by atoms with Crippen LogP contribution in [0, 0.1) is 0 Å². The number of carbonyl (C=O) groups excluding carboxylic acids is 2. The van der Waals surface area contributed by atoms with Gasteiger partial charge in [0.15, 0.2) is 0 Å². The molecule has 164 valence electrons. The predicted molar refractivity (Wildman–Crippen MR) is 125 cm³/mol. The van der Waals surface area contributed by atoms with Crippen molar-refractivity contribution in [1.29, 1.82) is 0 Å². The third-order valence-electron chi connectivity index (χ3n) is 5.50. The molecule has 3 aromatic carbocycles. The van der Waals surface area contributed by atoms with Crippen LogP contribution >= 0.6 is 15.9 Å². The predicted octanol–water partition coefficient (Wildman–Crippen LogP) is 4.53. The topological polar surface area (TPSA) is 74.8 Å². The highest BCUT2D eigenvalue weighted by molar-refractivity contribution is 9.10. The molecule has 2 amide bonds. The first-order valence-corrected chi connectivity index (χ1v) is 12.3. The minimum atomic E-state index is -4.10. The number of rotatable bonds is 6. The van der Waals surface area contributed by atoms with Gasteiger partial charge in [0.1, 0.15) is 6.04 Å². The van der Waals surface area contributed by atoms with Gasteiger partial charge in [0.05, 0.1) is 17.0 Å². The molecule has 0 aromatic heterocycles. The van der Waals surface area contributed by atoms with Gasteiger partial charge in [0.25, 0.3) is 5.91 Å². The van der Waals surface area contributed by atoms with E-state index >= 15 is 0 Å². The molecule has 32 heavy (non-hydrogen) atoms. The van der Waals surface area contributed by atoms with Crippen LogP contribution in [-0.2, 0) is 19.6 Å². The third-order valence-corrected chi connectivity index (χ3v) is 8.02. The number of sulfonamides is 1. The lowest BCUT2D eigenvalue weighted by atomic mass is 10.1. The van der Waals surface area contributed by atoms with E-state index in [4.69, 9.17) is 0 Å². The van der Waals surface area contributed by atoms with Crippen LogP contribution in [-0.4, -0.2) is 30.6 Å². The van der Waals surface area contributed by atoms with E-state index < -0.39 is 33.9 Å². The molecule has 0 aliphatic carbocycles. The molecule has 0 bridgehead atoms. The molecule has 0 spiro atoms. The Morgan fingerprint density at radius 3 is 2.06 bits per heavy atom. The number of nitrogens with zero attached hydrogens (tertiary/aromatic N) is 2. The van der Waals surface area contributed by atoms with E-state index in [0.29, 0.717) is 5.69 Å². The fraction of sp³-hybridized carbons (Fsp3) is 0.167. The van der Waals surface area contributed by atoms with Crippen LogP contribution < -0.4 is 4.90 Å². The molecule has 2 unspecified atom stereocenters. The minimum absolute atomic E-state index is 0.0573. The Balaban J connectivity index is 1.80. The van der Waals surface area contributed by atoms with Crippen LogP contribution in [0.4, 0.5) is 5.69 Å². The molecule has 3 aromatic rings. The van der Waals surface area contributed by atoms with E-state index in [9.17, 15) is 18.0 Å². The second-order valence-electron chi connectivity index (χ2n) is 7.50. The van der Waals surface area contributed by atoms with E-state index in [0.717, 1.165) is 14.9 Å². The Morgan fingerprint density at radius 1 is 0.906 bits per heavy atom. The molecule has 6 nitrogen and oxygen atoms in total. The van der Waals surface area contributed by atoms with Crippen LogP contribution in [0.5, 0.6) is 0 Å². The Labute approximate surface area is 195 Å². The molecule has 1 fully saturated rings. The van der Waals surface area contributed by atoms with Gasteiger partial charge >= 0.3 is 0 Å². The SMILES string of the molecule is CC(c1ccccc1)N(C1CC(=O)N(c2ccccc2)C1=O)S(=O)(=O)c1ccc(Br)cc1. The van der Waals surface area contributed by atoms with Crippen LogP contribution in [0.15, 0.2) is 94.3 Å². The smallest absolute Gasteiger partial charge is 0.252 e. The Morgan fingerprint density at radius 2 is 1.47 bits per heavy atom. The second kappa shape index (κ2) is 8.97. The Bertz CT molecular complexity index is 1230. The van der Waals surface area contributed by atoms with Crippen molar-refractivity contribution in [2.45, 2.75) is 30.3 Å². The molecule has 1 aliphatic heterocycles. The first kappa shape index (κ1) is 22.4. The summed E-state index contributed by atoms with van der Waals surface area (Å²) >= 11 is 3.32. The van der Waals surface area contributed by atoms with Crippen LogP contribution in [0.2, 0.25) is 0 Å². The molecule has 8 heteroatoms. The number of carbonyl (C=O) groups is 2. The van der Waals surface area contributed by atoms with Crippen molar-refractivity contribution in [1.82, 2.24) is 4.31 Å². The van der Waals surface area contributed by atoms with Gasteiger partial charge in [0.2, 0.25) is 15.9 Å². The van der Waals surface area contributed by atoms with Crippen molar-refractivity contribution in [3.8, 4) is 0 Å². The van der Waals surface area contributed by atoms with Gasteiger partial charge in [0, 0.05) is 10.5 Å². The Kier molecular flexibility index (Phi) is 6.28. The van der Waals surface area contributed by atoms with Crippen LogP contribution in [0.25, 0.3) is 0 Å². The lowest BCUT2D eigenvalue weighted by molar-refractivity contribution is -0.122. The molecule has 0 saturated carbocycles. The summed E-state index contributed by atoms with van der Waals surface area (Å²) in [5.41, 5.74) is 1.16. The van der Waals surface area contributed by atoms with Gasteiger partial charge in [-0.1, -0.05) is 64.5 Å². The Hall–Kier alpha value is -2.81. The average molecular weight is 513 g/mol. The molecule has 1 saturated heterocycles. The quantitative estimate of drug-likeness (QED) is 0.454. The van der Waals surface area contributed by atoms with Crippen LogP contribution in [0.1, 0.15) is 24.9 Å². The van der Waals surface area contributed by atoms with Gasteiger partial charge in [-0.3, -0.25) is 9.59 Å². The number of benzene rings is 3. The first-order chi connectivity index (χ1) is 15.3. The van der Waals surface area contributed by atoms with Gasteiger partial charge in [-0.2, -0.15) is 4.31 Å². The summed E-state index contributed by atoms with van der Waals surface area (Å²) in [4.78, 5) is 27.4. The summed E-state index contributed by atoms with van der Waals surface area (Å²) in [5.74, 6) is -0.980. The lowest BCUT2D eigenvalue weighted by Crippen LogP contribution is -2.46. The van der Waals surface area contributed by atoms with Gasteiger partial charge in [-0.05, 0) is 48.9 Å². The van der Waals surface area contributed by atoms with E-state index in [-0.39, 0.29) is 11.3 Å². The number of hydrogen-bond acceptors (Lipinski definition) is 4. The highest BCUT2D eigenvalue weighted by Gasteiger charge is 2.48. The summed E-state index contributed by atoms with van der Waals surface area (Å²) in [7, 11) is -4.10. The number of amides is 2. The number of para-hydroxylation sites is 1. The van der Waals surface area contributed by atoms with E-state index in [1.807, 2.05) is 30.3 Å². The summed E-state index contributed by atoms with van der Waals surface area (Å²) < 4.78 is 29.5. The molecule has 2 atom stereocenters. The maximum atomic E-state index is 13.8. The number of hydrogen-bond donors (Lipinski definition) is 0. The minimum Gasteiger partial charge on any atom is -0.274 e. The average Bonchev–Trinajstić information content (AvgIpc) is 3.08. The lowest BCUT2D eigenvalue weighted by Gasteiger charge is -2.32. The van der Waals surface area contributed by atoms with Gasteiger partial charge < -0.3 is 0 Å². The van der Waals surface area contributed by atoms with E-state index in [1.165, 1.54) is 16.4 Å². The van der Waals surface area contributed by atoms with Crippen molar-refractivity contribution >= 4 is 43.5 Å². The zero-order chi connectivity index (χ0) is 22.9. The second-order valence-corrected chi connectivity index (χ2v) is 10.3. The van der Waals surface area contributed by atoms with E-state index in [2.05, 4.69) is 15.9 Å². The zero-order valence-corrected chi connectivity index (χ0v) is 19.7. The highest BCUT2D eigenvalue weighted by atomic mass is 79.9. The maximum Gasteiger partial charge on any atom is 0.252 e. The maximum absolute atomic E-state index is 13.8. The number of anilines is 1. The standard InChI is InChI=1S/C24H21BrN2O4S/c1-17(18-8-4-2-5-9-18)27(32(30,31)21-14-12-19(25)13-15-21)22-16-23(28)26(24(22)29)20-10-6-3-7-11-20/h2-15,17,22H,16H2,1H3. The first-order valence-electron chi connectivity index (χ1n) is 10.1. The van der Waals surface area contributed by atoms with Crippen molar-refractivity contribution in [3.63, 3.8) is 0 Å². The highest BCUT2D eigenvalue weighted by Crippen LogP contribution is 2.35. The zero-order valence-electron chi connectivity index (χ0n) is 17.3. The summed E-state index contributed by atoms with van der Waals surface area (Å²) in [6, 6.07) is 22.1. The molecule has 4 rings (SSSR count). The molecular formula is C24H21BrN2O4S. The normalized spacial score (nSPS) is 17.7. The van der Waals surface area contributed by atoms with Crippen molar-refractivity contribution in [2.75, 3.05) is 4.90 Å². The molecule has 0 N–H and O–H groups in total. The van der Waals surface area contributed by atoms with Crippen molar-refractivity contribution in [2.24, 2.45) is 0 Å². The summed E-state index contributed by atoms with van der Waals surface area (Å²) in [6.45, 7) is 1.73. The monoisotopic (exact) mass is 512 g/mol. The van der Waals surface area contributed by atoms with Gasteiger partial charge in [-0.25, -0.2) is 13.3 Å². The van der Waals surface area contributed by atoms with Crippen LogP contribution in [0.3, 0.4) is 0 Å². The summed E-state index contributed by atoms with van der Waals surface area (Å²) in [5, 5.41) is 0. The number of halogens is 1.